The van der Waals surface area contributed by atoms with Crippen molar-refractivity contribution in [3.8, 4) is 5.75 Å². The van der Waals surface area contributed by atoms with Crippen LogP contribution in [0.4, 0.5) is 4.39 Å². The first-order valence-electron chi connectivity index (χ1n) is 7.56. The highest BCUT2D eigenvalue weighted by atomic mass is 35.5. The largest absolute Gasteiger partial charge is 0.496 e. The second-order valence-electron chi connectivity index (χ2n) is 5.84. The van der Waals surface area contributed by atoms with E-state index in [-0.39, 0.29) is 24.3 Å². The molecule has 5 heteroatoms. The van der Waals surface area contributed by atoms with Gasteiger partial charge in [-0.3, -0.25) is 4.90 Å². The lowest BCUT2D eigenvalue weighted by molar-refractivity contribution is 0.154. The highest BCUT2D eigenvalue weighted by Crippen LogP contribution is 2.43. The first-order valence-corrected chi connectivity index (χ1v) is 7.56. The quantitative estimate of drug-likeness (QED) is 0.904. The van der Waals surface area contributed by atoms with Crippen molar-refractivity contribution in [3.05, 3.63) is 29.6 Å². The molecule has 0 bridgehead atoms. The van der Waals surface area contributed by atoms with Crippen molar-refractivity contribution in [2.75, 3.05) is 33.3 Å². The number of nitrogens with one attached hydrogen (secondary N) is 1. The van der Waals surface area contributed by atoms with E-state index in [1.807, 2.05) is 6.07 Å². The minimum atomic E-state index is -0.131. The lowest BCUT2D eigenvalue weighted by Crippen LogP contribution is -2.45. The first kappa shape index (κ1) is 16.5. The summed E-state index contributed by atoms with van der Waals surface area (Å²) in [6.45, 7) is 3.93. The molecular formula is C16H24ClFN2O. The van der Waals surface area contributed by atoms with E-state index in [0.29, 0.717) is 5.75 Å². The molecule has 0 amide bonds. The van der Waals surface area contributed by atoms with E-state index in [0.717, 1.165) is 44.1 Å². The Morgan fingerprint density at radius 3 is 2.67 bits per heavy atom. The van der Waals surface area contributed by atoms with E-state index in [2.05, 4.69) is 10.2 Å². The van der Waals surface area contributed by atoms with Crippen LogP contribution in [0.5, 0.6) is 5.75 Å². The molecule has 1 saturated heterocycles. The number of benzene rings is 1. The average Bonchev–Trinajstić information content (AvgIpc) is 3.30. The Morgan fingerprint density at radius 1 is 1.33 bits per heavy atom. The van der Waals surface area contributed by atoms with Gasteiger partial charge in [0.2, 0.25) is 0 Å². The summed E-state index contributed by atoms with van der Waals surface area (Å²) in [6.07, 6.45) is 3.63. The monoisotopic (exact) mass is 314 g/mol. The van der Waals surface area contributed by atoms with Crippen LogP contribution in [0, 0.1) is 11.7 Å². The smallest absolute Gasteiger partial charge is 0.131 e. The molecule has 1 aromatic rings. The summed E-state index contributed by atoms with van der Waals surface area (Å²) in [4.78, 5) is 2.41. The first-order chi connectivity index (χ1) is 9.79. The van der Waals surface area contributed by atoms with E-state index >= 15 is 0 Å². The molecule has 21 heavy (non-hydrogen) atoms. The van der Waals surface area contributed by atoms with Crippen molar-refractivity contribution in [1.29, 1.82) is 0 Å². The van der Waals surface area contributed by atoms with E-state index < -0.39 is 0 Å². The molecule has 1 N–H and O–H groups in total. The van der Waals surface area contributed by atoms with Gasteiger partial charge < -0.3 is 10.1 Å². The predicted molar refractivity (Wildman–Crippen MR) is 84.7 cm³/mol. The van der Waals surface area contributed by atoms with Gasteiger partial charge in [0.25, 0.3) is 0 Å². The lowest BCUT2D eigenvalue weighted by atomic mass is 9.97. The van der Waals surface area contributed by atoms with Gasteiger partial charge in [0.05, 0.1) is 7.11 Å². The zero-order chi connectivity index (χ0) is 13.9. The van der Waals surface area contributed by atoms with Gasteiger partial charge in [0.15, 0.2) is 0 Å². The van der Waals surface area contributed by atoms with Gasteiger partial charge >= 0.3 is 0 Å². The van der Waals surface area contributed by atoms with E-state index in [9.17, 15) is 4.39 Å². The molecule has 0 aromatic heterocycles. The van der Waals surface area contributed by atoms with Crippen LogP contribution >= 0.6 is 12.4 Å². The Morgan fingerprint density at radius 2 is 2.05 bits per heavy atom. The van der Waals surface area contributed by atoms with Crippen molar-refractivity contribution < 1.29 is 9.13 Å². The maximum atomic E-state index is 14.4. The third-order valence-electron chi connectivity index (χ3n) is 4.41. The summed E-state index contributed by atoms with van der Waals surface area (Å²) in [5.74, 6) is 1.32. The standard InChI is InChI=1S/C16H23FN2O.ClH/c1-20-15-4-2-3-13(17)16(15)14(11-12-5-6-12)19-9-7-18-8-10-19;/h2-4,12,14,18H,5-11H2,1H3;1H/t14-;/m0./s1. The van der Waals surface area contributed by atoms with Crippen molar-refractivity contribution in [1.82, 2.24) is 10.2 Å². The minimum absolute atomic E-state index is 0. The Hall–Kier alpha value is -0.840. The van der Waals surface area contributed by atoms with Crippen LogP contribution in [-0.2, 0) is 0 Å². The predicted octanol–water partition coefficient (Wildman–Crippen LogP) is 3.00. The van der Waals surface area contributed by atoms with Crippen LogP contribution in [0.1, 0.15) is 30.9 Å². The minimum Gasteiger partial charge on any atom is -0.496 e. The Bertz CT molecular complexity index is 462. The zero-order valence-corrected chi connectivity index (χ0v) is 13.3. The van der Waals surface area contributed by atoms with Crippen LogP contribution in [0.15, 0.2) is 18.2 Å². The second-order valence-corrected chi connectivity index (χ2v) is 5.84. The third kappa shape index (κ3) is 3.87. The fourth-order valence-electron chi connectivity index (χ4n) is 3.13. The molecule has 118 valence electrons. The molecule has 1 heterocycles. The number of halogens is 2. The van der Waals surface area contributed by atoms with Crippen LogP contribution < -0.4 is 10.1 Å². The van der Waals surface area contributed by atoms with Gasteiger partial charge in [0.1, 0.15) is 11.6 Å². The van der Waals surface area contributed by atoms with Crippen LogP contribution in [0.3, 0.4) is 0 Å². The molecule has 1 aliphatic carbocycles. The molecule has 0 unspecified atom stereocenters. The number of ether oxygens (including phenoxy) is 1. The average molecular weight is 315 g/mol. The summed E-state index contributed by atoms with van der Waals surface area (Å²) in [5, 5.41) is 3.37. The number of hydrogen-bond acceptors (Lipinski definition) is 3. The van der Waals surface area contributed by atoms with Crippen molar-refractivity contribution in [2.45, 2.75) is 25.3 Å². The molecule has 2 aliphatic rings. The maximum Gasteiger partial charge on any atom is 0.131 e. The molecule has 0 spiro atoms. The van der Waals surface area contributed by atoms with E-state index in [1.165, 1.54) is 12.8 Å². The van der Waals surface area contributed by atoms with Crippen LogP contribution in [0.2, 0.25) is 0 Å². The van der Waals surface area contributed by atoms with Gasteiger partial charge in [-0.25, -0.2) is 4.39 Å². The van der Waals surface area contributed by atoms with Crippen LogP contribution in [-0.4, -0.2) is 38.2 Å². The summed E-state index contributed by atoms with van der Waals surface area (Å²) in [5.41, 5.74) is 0.754. The number of piperazine rings is 1. The molecule has 1 aliphatic heterocycles. The number of rotatable bonds is 5. The molecule has 1 atom stereocenters. The molecule has 3 rings (SSSR count). The molecule has 2 fully saturated rings. The third-order valence-corrected chi connectivity index (χ3v) is 4.41. The zero-order valence-electron chi connectivity index (χ0n) is 12.5. The van der Waals surface area contributed by atoms with E-state index in [4.69, 9.17) is 4.74 Å². The van der Waals surface area contributed by atoms with Gasteiger partial charge in [0, 0.05) is 37.8 Å². The Labute approximate surface area is 132 Å². The maximum absolute atomic E-state index is 14.4. The molecule has 3 nitrogen and oxygen atoms in total. The van der Waals surface area contributed by atoms with Gasteiger partial charge in [-0.2, -0.15) is 0 Å². The van der Waals surface area contributed by atoms with Gasteiger partial charge in [-0.05, 0) is 24.5 Å². The Kier molecular flexibility index (Phi) is 5.85. The number of methoxy groups -OCH3 is 1. The van der Waals surface area contributed by atoms with Crippen molar-refractivity contribution >= 4 is 12.4 Å². The summed E-state index contributed by atoms with van der Waals surface area (Å²) in [6, 6.07) is 5.31. The highest BCUT2D eigenvalue weighted by Gasteiger charge is 2.33. The summed E-state index contributed by atoms with van der Waals surface area (Å²) in [7, 11) is 1.63. The van der Waals surface area contributed by atoms with Crippen molar-refractivity contribution in [2.24, 2.45) is 5.92 Å². The van der Waals surface area contributed by atoms with Gasteiger partial charge in [-0.1, -0.05) is 18.9 Å². The topological polar surface area (TPSA) is 24.5 Å². The fraction of sp³-hybridized carbons (Fsp3) is 0.625. The van der Waals surface area contributed by atoms with Crippen LogP contribution in [0.25, 0.3) is 0 Å². The summed E-state index contributed by atoms with van der Waals surface area (Å²) >= 11 is 0. The fourth-order valence-corrected chi connectivity index (χ4v) is 3.13. The highest BCUT2D eigenvalue weighted by molar-refractivity contribution is 5.85. The SMILES string of the molecule is COc1cccc(F)c1[C@H](CC1CC1)N1CCNCC1.Cl. The second kappa shape index (κ2) is 7.43. The van der Waals surface area contributed by atoms with E-state index in [1.54, 1.807) is 19.2 Å². The van der Waals surface area contributed by atoms with Gasteiger partial charge in [-0.15, -0.1) is 12.4 Å². The normalized spacial score (nSPS) is 20.7. The Balaban J connectivity index is 0.00000161. The number of nitrogens with zero attached hydrogens (tertiary/aromatic N) is 1. The van der Waals surface area contributed by atoms with Crippen molar-refractivity contribution in [3.63, 3.8) is 0 Å². The molecule has 1 aromatic carbocycles. The molecular weight excluding hydrogens is 291 g/mol. The molecule has 1 saturated carbocycles. The molecule has 0 radical (unpaired) electrons. The number of hydrogen-bond donors (Lipinski definition) is 1. The summed E-state index contributed by atoms with van der Waals surface area (Å²) < 4.78 is 19.8. The lowest BCUT2D eigenvalue weighted by Gasteiger charge is -2.36.